The van der Waals surface area contributed by atoms with Gasteiger partial charge in [-0.25, -0.2) is 0 Å². The smallest absolute Gasteiger partial charge is 0.0593 e. The van der Waals surface area contributed by atoms with Crippen LogP contribution in [0.5, 0.6) is 0 Å². The molecule has 0 bridgehead atoms. The number of rotatable bonds is 6. The lowest BCUT2D eigenvalue weighted by atomic mass is 10.0. The molecule has 1 rings (SSSR count). The van der Waals surface area contributed by atoms with Gasteiger partial charge in [0.25, 0.3) is 0 Å². The molecule has 0 aliphatic rings. The fourth-order valence-corrected chi connectivity index (χ4v) is 1.61. The minimum atomic E-state index is 0.518. The minimum Gasteiger partial charge on any atom is -0.312 e. The molecular formula is C12H23N3. The van der Waals surface area contributed by atoms with Crippen LogP contribution in [0.3, 0.4) is 0 Å². The summed E-state index contributed by atoms with van der Waals surface area (Å²) in [4.78, 5) is 0. The zero-order valence-electron chi connectivity index (χ0n) is 10.3. The first-order valence-corrected chi connectivity index (χ1v) is 5.87. The van der Waals surface area contributed by atoms with Crippen LogP contribution in [-0.4, -0.2) is 22.4 Å². The molecule has 1 aromatic rings. The van der Waals surface area contributed by atoms with Crippen LogP contribution in [0, 0.1) is 12.8 Å². The third-order valence-corrected chi connectivity index (χ3v) is 2.62. The quantitative estimate of drug-likeness (QED) is 0.778. The lowest BCUT2D eigenvalue weighted by Gasteiger charge is -2.22. The molecule has 0 saturated carbocycles. The molecule has 0 amide bonds. The molecule has 0 radical (unpaired) electrons. The Labute approximate surface area is 92.9 Å². The average molecular weight is 209 g/mol. The first-order valence-electron chi connectivity index (χ1n) is 5.87. The molecule has 1 unspecified atom stereocenters. The fraction of sp³-hybridized carbons (Fsp3) is 0.750. The largest absolute Gasteiger partial charge is 0.312 e. The second kappa shape index (κ2) is 5.91. The summed E-state index contributed by atoms with van der Waals surface area (Å²) >= 11 is 0. The van der Waals surface area contributed by atoms with Crippen molar-refractivity contribution in [2.24, 2.45) is 5.92 Å². The topological polar surface area (TPSA) is 29.9 Å². The van der Waals surface area contributed by atoms with Crippen molar-refractivity contribution in [2.75, 3.05) is 6.54 Å². The van der Waals surface area contributed by atoms with Crippen LogP contribution in [0.4, 0.5) is 0 Å². The van der Waals surface area contributed by atoms with Crippen molar-refractivity contribution < 1.29 is 0 Å². The van der Waals surface area contributed by atoms with Gasteiger partial charge in [0.15, 0.2) is 0 Å². The number of aryl methyl sites for hydroxylation is 1. The van der Waals surface area contributed by atoms with Crippen LogP contribution in [0.25, 0.3) is 0 Å². The maximum atomic E-state index is 4.42. The Balaban J connectivity index is 2.50. The van der Waals surface area contributed by atoms with Crippen molar-refractivity contribution >= 4 is 0 Å². The van der Waals surface area contributed by atoms with Gasteiger partial charge >= 0.3 is 0 Å². The molecule has 0 aliphatic carbocycles. The second-order valence-corrected chi connectivity index (χ2v) is 4.48. The van der Waals surface area contributed by atoms with Crippen LogP contribution in [0.1, 0.15) is 32.9 Å². The zero-order valence-corrected chi connectivity index (χ0v) is 10.3. The summed E-state index contributed by atoms with van der Waals surface area (Å²) in [5.74, 6) is 0.640. The Morgan fingerprint density at radius 1 is 1.47 bits per heavy atom. The van der Waals surface area contributed by atoms with E-state index in [0.29, 0.717) is 12.0 Å². The van der Waals surface area contributed by atoms with Crippen LogP contribution >= 0.6 is 0 Å². The normalized spacial score (nSPS) is 13.4. The summed E-state index contributed by atoms with van der Waals surface area (Å²) in [6.45, 7) is 10.8. The van der Waals surface area contributed by atoms with Gasteiger partial charge in [0.2, 0.25) is 0 Å². The van der Waals surface area contributed by atoms with Crippen molar-refractivity contribution in [3.8, 4) is 0 Å². The van der Waals surface area contributed by atoms with E-state index in [0.717, 1.165) is 18.8 Å². The highest BCUT2D eigenvalue weighted by Gasteiger charge is 2.12. The summed E-state index contributed by atoms with van der Waals surface area (Å²) in [7, 11) is 0. The fourth-order valence-electron chi connectivity index (χ4n) is 1.61. The first kappa shape index (κ1) is 12.2. The predicted octanol–water partition coefficient (Wildman–Crippen LogP) is 2.22. The van der Waals surface area contributed by atoms with Crippen LogP contribution in [0.2, 0.25) is 0 Å². The molecule has 15 heavy (non-hydrogen) atoms. The Hall–Kier alpha value is -0.830. The monoisotopic (exact) mass is 209 g/mol. The molecule has 1 heterocycles. The van der Waals surface area contributed by atoms with Crippen molar-refractivity contribution in [3.05, 3.63) is 18.0 Å². The summed E-state index contributed by atoms with van der Waals surface area (Å²) in [6.07, 6.45) is 3.24. The highest BCUT2D eigenvalue weighted by molar-refractivity contribution is 4.95. The van der Waals surface area contributed by atoms with Crippen LogP contribution in [0.15, 0.2) is 12.3 Å². The molecule has 1 aromatic heterocycles. The van der Waals surface area contributed by atoms with Crippen molar-refractivity contribution in [2.45, 2.75) is 46.7 Å². The molecule has 1 N–H and O–H groups in total. The van der Waals surface area contributed by atoms with Gasteiger partial charge in [0, 0.05) is 12.2 Å². The molecule has 0 spiro atoms. The van der Waals surface area contributed by atoms with Gasteiger partial charge in [0.05, 0.1) is 12.2 Å². The van der Waals surface area contributed by atoms with Crippen molar-refractivity contribution in [3.63, 3.8) is 0 Å². The van der Waals surface area contributed by atoms with E-state index in [9.17, 15) is 0 Å². The number of hydrogen-bond donors (Lipinski definition) is 1. The molecule has 0 aliphatic heterocycles. The Morgan fingerprint density at radius 2 is 2.20 bits per heavy atom. The summed E-state index contributed by atoms with van der Waals surface area (Å²) in [6, 6.07) is 2.57. The molecule has 1 atom stereocenters. The molecular weight excluding hydrogens is 186 g/mol. The minimum absolute atomic E-state index is 0.518. The van der Waals surface area contributed by atoms with Crippen LogP contribution < -0.4 is 5.32 Å². The molecule has 3 nitrogen and oxygen atoms in total. The van der Waals surface area contributed by atoms with Gasteiger partial charge in [0.1, 0.15) is 0 Å². The number of hydrogen-bond acceptors (Lipinski definition) is 2. The van der Waals surface area contributed by atoms with E-state index in [1.807, 2.05) is 11.6 Å². The highest BCUT2D eigenvalue weighted by Crippen LogP contribution is 2.05. The second-order valence-electron chi connectivity index (χ2n) is 4.48. The van der Waals surface area contributed by atoms with E-state index in [-0.39, 0.29) is 0 Å². The van der Waals surface area contributed by atoms with E-state index < -0.39 is 0 Å². The summed E-state index contributed by atoms with van der Waals surface area (Å²) in [5.41, 5.74) is 1.09. The van der Waals surface area contributed by atoms with Crippen molar-refractivity contribution in [1.82, 2.24) is 15.1 Å². The maximum absolute atomic E-state index is 4.42. The number of aromatic nitrogens is 2. The van der Waals surface area contributed by atoms with Gasteiger partial charge in [-0.3, -0.25) is 4.68 Å². The molecule has 86 valence electrons. The van der Waals surface area contributed by atoms with Gasteiger partial charge in [-0.2, -0.15) is 5.10 Å². The summed E-state index contributed by atoms with van der Waals surface area (Å²) in [5, 5.41) is 7.98. The lowest BCUT2D eigenvalue weighted by Crippen LogP contribution is -2.38. The molecule has 0 aromatic carbocycles. The van der Waals surface area contributed by atoms with E-state index in [1.54, 1.807) is 0 Å². The van der Waals surface area contributed by atoms with E-state index in [1.165, 1.54) is 6.42 Å². The van der Waals surface area contributed by atoms with Gasteiger partial charge in [-0.05, 0) is 31.9 Å². The Kier molecular flexibility index (Phi) is 4.82. The molecule has 0 fully saturated rings. The third-order valence-electron chi connectivity index (χ3n) is 2.62. The Bertz CT molecular complexity index is 278. The average Bonchev–Trinajstić information content (AvgIpc) is 2.58. The molecule has 0 saturated heterocycles. The zero-order chi connectivity index (χ0) is 11.3. The number of nitrogens with one attached hydrogen (secondary N) is 1. The van der Waals surface area contributed by atoms with Gasteiger partial charge in [-0.1, -0.05) is 20.8 Å². The van der Waals surface area contributed by atoms with Gasteiger partial charge < -0.3 is 5.32 Å². The predicted molar refractivity (Wildman–Crippen MR) is 63.9 cm³/mol. The standard InChI is InChI=1S/C12H23N3/c1-5-7-13-12(10(2)3)9-15-8-6-11(4)14-15/h6,8,10,12-13H,5,7,9H2,1-4H3. The van der Waals surface area contributed by atoms with E-state index in [4.69, 9.17) is 0 Å². The third kappa shape index (κ3) is 4.04. The first-order chi connectivity index (χ1) is 7.13. The Morgan fingerprint density at radius 3 is 2.67 bits per heavy atom. The SMILES string of the molecule is CCCNC(Cn1ccc(C)n1)C(C)C. The summed E-state index contributed by atoms with van der Waals surface area (Å²) < 4.78 is 2.03. The van der Waals surface area contributed by atoms with Gasteiger partial charge in [-0.15, -0.1) is 0 Å². The van der Waals surface area contributed by atoms with Crippen molar-refractivity contribution in [1.29, 1.82) is 0 Å². The lowest BCUT2D eigenvalue weighted by molar-refractivity contribution is 0.343. The van der Waals surface area contributed by atoms with Crippen LogP contribution in [-0.2, 0) is 6.54 Å². The number of nitrogens with zero attached hydrogens (tertiary/aromatic N) is 2. The van der Waals surface area contributed by atoms with E-state index >= 15 is 0 Å². The maximum Gasteiger partial charge on any atom is 0.0593 e. The molecule has 3 heteroatoms. The highest BCUT2D eigenvalue weighted by atomic mass is 15.3. The van der Waals surface area contributed by atoms with E-state index in [2.05, 4.69) is 43.4 Å².